The topological polar surface area (TPSA) is 29.9 Å². The molecule has 1 heterocycles. The van der Waals surface area contributed by atoms with E-state index in [4.69, 9.17) is 11.6 Å². The Balaban J connectivity index is 2.64. The van der Waals surface area contributed by atoms with Crippen molar-refractivity contribution in [2.75, 3.05) is 7.05 Å². The van der Waals surface area contributed by atoms with Crippen LogP contribution in [0.15, 0.2) is 28.9 Å². The molecule has 1 unspecified atom stereocenters. The molecule has 3 nitrogen and oxygen atoms in total. The summed E-state index contributed by atoms with van der Waals surface area (Å²) in [4.78, 5) is 0. The summed E-state index contributed by atoms with van der Waals surface area (Å²) in [6.07, 6.45) is -3.05. The molecule has 0 fully saturated rings. The van der Waals surface area contributed by atoms with Gasteiger partial charge in [0, 0.05) is 11.5 Å². The molecular weight excluding hydrogens is 371 g/mol. The van der Waals surface area contributed by atoms with Crippen molar-refractivity contribution in [2.24, 2.45) is 7.05 Å². The molecule has 8 heteroatoms. The predicted molar refractivity (Wildman–Crippen MR) is 78.3 cm³/mol. The minimum atomic E-state index is -4.46. The van der Waals surface area contributed by atoms with Crippen LogP contribution < -0.4 is 5.32 Å². The maximum Gasteiger partial charge on any atom is 0.416 e. The second-order valence-electron chi connectivity index (χ2n) is 4.45. The molecule has 0 bridgehead atoms. The van der Waals surface area contributed by atoms with Crippen molar-refractivity contribution in [3.8, 4) is 0 Å². The zero-order valence-corrected chi connectivity index (χ0v) is 13.5. The van der Waals surface area contributed by atoms with Crippen molar-refractivity contribution in [3.63, 3.8) is 0 Å². The highest BCUT2D eigenvalue weighted by atomic mass is 79.9. The molecule has 0 saturated carbocycles. The number of nitrogens with zero attached hydrogens (tertiary/aromatic N) is 2. The van der Waals surface area contributed by atoms with Crippen LogP contribution in [0.3, 0.4) is 0 Å². The quantitative estimate of drug-likeness (QED) is 0.864. The molecule has 0 saturated heterocycles. The van der Waals surface area contributed by atoms with Crippen LogP contribution in [0, 0.1) is 0 Å². The first-order valence-corrected chi connectivity index (χ1v) is 7.14. The number of hydrogen-bond donors (Lipinski definition) is 1. The number of halogens is 5. The lowest BCUT2D eigenvalue weighted by Gasteiger charge is -2.22. The zero-order chi connectivity index (χ0) is 15.8. The second-order valence-corrected chi connectivity index (χ2v) is 5.78. The summed E-state index contributed by atoms with van der Waals surface area (Å²) < 4.78 is 41.6. The van der Waals surface area contributed by atoms with E-state index in [1.165, 1.54) is 16.9 Å². The van der Waals surface area contributed by atoms with Crippen LogP contribution in [-0.2, 0) is 13.2 Å². The van der Waals surface area contributed by atoms with Gasteiger partial charge in [-0.05, 0) is 24.7 Å². The number of benzene rings is 1. The fourth-order valence-electron chi connectivity index (χ4n) is 2.21. The maximum absolute atomic E-state index is 13.3. The molecule has 1 atom stereocenters. The molecule has 0 spiro atoms. The van der Waals surface area contributed by atoms with E-state index in [1.54, 1.807) is 20.2 Å². The molecule has 0 aliphatic heterocycles. The van der Waals surface area contributed by atoms with E-state index in [2.05, 4.69) is 26.3 Å². The van der Waals surface area contributed by atoms with E-state index in [-0.39, 0.29) is 5.56 Å². The average molecular weight is 383 g/mol. The lowest BCUT2D eigenvalue weighted by molar-refractivity contribution is -0.138. The monoisotopic (exact) mass is 381 g/mol. The molecule has 2 rings (SSSR count). The third kappa shape index (κ3) is 3.25. The number of hydrogen-bond acceptors (Lipinski definition) is 2. The van der Waals surface area contributed by atoms with Crippen molar-refractivity contribution in [2.45, 2.75) is 12.2 Å². The molecule has 0 radical (unpaired) electrons. The number of alkyl halides is 3. The Bertz CT molecular complexity index is 635. The minimum Gasteiger partial charge on any atom is -0.308 e. The highest BCUT2D eigenvalue weighted by molar-refractivity contribution is 9.10. The van der Waals surface area contributed by atoms with E-state index in [1.807, 2.05) is 0 Å². The molecule has 0 aliphatic rings. The summed E-state index contributed by atoms with van der Waals surface area (Å²) in [5.41, 5.74) is -0.140. The number of aryl methyl sites for hydroxylation is 1. The van der Waals surface area contributed by atoms with Gasteiger partial charge in [-0.15, -0.1) is 0 Å². The Morgan fingerprint density at radius 1 is 1.38 bits per heavy atom. The van der Waals surface area contributed by atoms with Gasteiger partial charge in [0.15, 0.2) is 0 Å². The summed E-state index contributed by atoms with van der Waals surface area (Å²) >= 11 is 9.13. The minimum absolute atomic E-state index is 0.0960. The van der Waals surface area contributed by atoms with Gasteiger partial charge in [-0.3, -0.25) is 4.68 Å². The third-order valence-corrected chi connectivity index (χ3v) is 3.92. The summed E-state index contributed by atoms with van der Waals surface area (Å²) in [7, 11) is 3.22. The highest BCUT2D eigenvalue weighted by Crippen LogP contribution is 2.39. The van der Waals surface area contributed by atoms with Gasteiger partial charge in [0.2, 0.25) is 0 Å². The smallest absolute Gasteiger partial charge is 0.308 e. The largest absolute Gasteiger partial charge is 0.416 e. The van der Waals surface area contributed by atoms with Gasteiger partial charge in [-0.1, -0.05) is 33.6 Å². The van der Waals surface area contributed by atoms with Crippen molar-refractivity contribution in [1.82, 2.24) is 15.1 Å². The molecule has 1 aromatic carbocycles. The SMILES string of the molecule is CNC(c1ccc(Br)cc1C(F)(F)F)c1c(Cl)cnn1C. The average Bonchev–Trinajstić information content (AvgIpc) is 2.72. The van der Waals surface area contributed by atoms with E-state index in [9.17, 15) is 13.2 Å². The Hall–Kier alpha value is -1.05. The van der Waals surface area contributed by atoms with E-state index in [0.717, 1.165) is 6.07 Å². The van der Waals surface area contributed by atoms with Crippen LogP contribution in [0.2, 0.25) is 5.02 Å². The first kappa shape index (κ1) is 16.3. The summed E-state index contributed by atoms with van der Waals surface area (Å²) in [5, 5.41) is 7.16. The number of rotatable bonds is 3. The third-order valence-electron chi connectivity index (χ3n) is 3.13. The van der Waals surface area contributed by atoms with Crippen molar-refractivity contribution < 1.29 is 13.2 Å². The van der Waals surface area contributed by atoms with Crippen LogP contribution in [0.1, 0.15) is 22.9 Å². The first-order chi connectivity index (χ1) is 9.75. The van der Waals surface area contributed by atoms with Gasteiger partial charge in [-0.2, -0.15) is 18.3 Å². The molecule has 114 valence electrons. The lowest BCUT2D eigenvalue weighted by Crippen LogP contribution is -2.24. The van der Waals surface area contributed by atoms with Crippen LogP contribution in [0.5, 0.6) is 0 Å². The molecule has 1 aromatic heterocycles. The van der Waals surface area contributed by atoms with E-state index >= 15 is 0 Å². The normalized spacial score (nSPS) is 13.5. The van der Waals surface area contributed by atoms with E-state index in [0.29, 0.717) is 15.2 Å². The van der Waals surface area contributed by atoms with Crippen LogP contribution in [0.4, 0.5) is 13.2 Å². The Labute approximate surface area is 133 Å². The first-order valence-electron chi connectivity index (χ1n) is 5.97. The summed E-state index contributed by atoms with van der Waals surface area (Å²) in [6, 6.07) is 3.34. The standard InChI is InChI=1S/C13H12BrClF3N3/c1-19-11(12-10(15)6-20-21(12)2)8-4-3-7(14)5-9(8)13(16,17)18/h3-6,11,19H,1-2H3. The molecule has 0 aliphatic carbocycles. The highest BCUT2D eigenvalue weighted by Gasteiger charge is 2.36. The molecule has 0 amide bonds. The van der Waals surface area contributed by atoms with Gasteiger partial charge >= 0.3 is 6.18 Å². The Kier molecular flexibility index (Phi) is 4.65. The van der Waals surface area contributed by atoms with E-state index < -0.39 is 17.8 Å². The molecular formula is C13H12BrClF3N3. The molecule has 1 N–H and O–H groups in total. The zero-order valence-electron chi connectivity index (χ0n) is 11.2. The maximum atomic E-state index is 13.3. The lowest BCUT2D eigenvalue weighted by atomic mass is 9.97. The van der Waals surface area contributed by atoms with Gasteiger partial charge in [0.05, 0.1) is 28.5 Å². The van der Waals surface area contributed by atoms with Crippen LogP contribution >= 0.6 is 27.5 Å². The van der Waals surface area contributed by atoms with Crippen LogP contribution in [-0.4, -0.2) is 16.8 Å². The fraction of sp³-hybridized carbons (Fsp3) is 0.308. The number of nitrogens with one attached hydrogen (secondary N) is 1. The molecule has 21 heavy (non-hydrogen) atoms. The predicted octanol–water partition coefficient (Wildman–Crippen LogP) is 4.16. The van der Waals surface area contributed by atoms with Gasteiger partial charge in [0.25, 0.3) is 0 Å². The Morgan fingerprint density at radius 2 is 2.05 bits per heavy atom. The number of aromatic nitrogens is 2. The fourth-order valence-corrected chi connectivity index (χ4v) is 2.85. The Morgan fingerprint density at radius 3 is 2.52 bits per heavy atom. The molecule has 2 aromatic rings. The summed E-state index contributed by atoms with van der Waals surface area (Å²) in [6.45, 7) is 0. The van der Waals surface area contributed by atoms with Gasteiger partial charge < -0.3 is 5.32 Å². The second kappa shape index (κ2) is 5.98. The van der Waals surface area contributed by atoms with Crippen LogP contribution in [0.25, 0.3) is 0 Å². The van der Waals surface area contributed by atoms with Crippen molar-refractivity contribution >= 4 is 27.5 Å². The van der Waals surface area contributed by atoms with Gasteiger partial charge in [-0.25, -0.2) is 0 Å². The summed E-state index contributed by atoms with van der Waals surface area (Å²) in [5.74, 6) is 0. The van der Waals surface area contributed by atoms with Gasteiger partial charge in [0.1, 0.15) is 0 Å². The van der Waals surface area contributed by atoms with Crippen molar-refractivity contribution in [1.29, 1.82) is 0 Å². The van der Waals surface area contributed by atoms with Crippen molar-refractivity contribution in [3.05, 3.63) is 50.7 Å².